The first-order chi connectivity index (χ1) is 12.4. The molecule has 1 atom stereocenters. The number of amides is 1. The van der Waals surface area contributed by atoms with E-state index in [1.165, 1.54) is 11.8 Å². The molecular formula is C18H20ClN3O3S. The monoisotopic (exact) mass is 393 g/mol. The molecule has 1 N–H and O–H groups in total. The Morgan fingerprint density at radius 3 is 2.62 bits per heavy atom. The fraction of sp³-hybridized carbons (Fsp3) is 0.444. The van der Waals surface area contributed by atoms with E-state index in [-0.39, 0.29) is 29.5 Å². The van der Waals surface area contributed by atoms with E-state index < -0.39 is 9.84 Å². The first kappa shape index (κ1) is 17.5. The Balaban J connectivity index is 1.32. The molecule has 1 unspecified atom stereocenters. The number of aromatic nitrogens is 2. The van der Waals surface area contributed by atoms with E-state index in [0.29, 0.717) is 17.9 Å². The van der Waals surface area contributed by atoms with Crippen molar-refractivity contribution in [3.63, 3.8) is 0 Å². The summed E-state index contributed by atoms with van der Waals surface area (Å²) in [5, 5.41) is 7.94. The van der Waals surface area contributed by atoms with Crippen molar-refractivity contribution in [2.24, 2.45) is 0 Å². The van der Waals surface area contributed by atoms with Crippen LogP contribution in [0.15, 0.2) is 36.7 Å². The van der Waals surface area contributed by atoms with Crippen molar-refractivity contribution in [1.82, 2.24) is 15.1 Å². The van der Waals surface area contributed by atoms with Crippen LogP contribution in [0.1, 0.15) is 47.1 Å². The van der Waals surface area contributed by atoms with Gasteiger partial charge < -0.3 is 5.32 Å². The van der Waals surface area contributed by atoms with Gasteiger partial charge in [0, 0.05) is 17.3 Å². The molecule has 6 nitrogen and oxygen atoms in total. The molecule has 2 aliphatic rings. The van der Waals surface area contributed by atoms with Crippen LogP contribution >= 0.6 is 11.6 Å². The van der Waals surface area contributed by atoms with Gasteiger partial charge in [0.15, 0.2) is 9.84 Å². The number of halogens is 1. The molecule has 26 heavy (non-hydrogen) atoms. The highest BCUT2D eigenvalue weighted by Crippen LogP contribution is 2.37. The summed E-state index contributed by atoms with van der Waals surface area (Å²) in [6.07, 6.45) is 5.52. The van der Waals surface area contributed by atoms with Crippen LogP contribution in [-0.2, 0) is 9.84 Å². The standard InChI is InChI=1S/C18H20ClN3O3S/c19-15-3-1-12(2-4-15)13-7-16(8-13)21-18(23)14-9-20-22(10-14)17-5-6-26(24,25)11-17/h1-4,9-10,13,16-17H,5-8,11H2,(H,21,23). The van der Waals surface area contributed by atoms with Gasteiger partial charge in [0.2, 0.25) is 0 Å². The number of nitrogens with zero attached hydrogens (tertiary/aromatic N) is 2. The Morgan fingerprint density at radius 2 is 1.96 bits per heavy atom. The summed E-state index contributed by atoms with van der Waals surface area (Å²) in [5.41, 5.74) is 1.72. The van der Waals surface area contributed by atoms with Crippen LogP contribution in [0.25, 0.3) is 0 Å². The number of hydrogen-bond acceptors (Lipinski definition) is 4. The average Bonchev–Trinajstić information content (AvgIpc) is 3.18. The van der Waals surface area contributed by atoms with E-state index in [1.54, 1.807) is 10.9 Å². The third kappa shape index (κ3) is 3.64. The summed E-state index contributed by atoms with van der Waals surface area (Å²) in [5.74, 6) is 0.578. The fourth-order valence-corrected chi connectivity index (χ4v) is 5.48. The van der Waals surface area contributed by atoms with E-state index >= 15 is 0 Å². The Labute approximate surface area is 157 Å². The summed E-state index contributed by atoms with van der Waals surface area (Å²) in [6, 6.07) is 7.83. The third-order valence-electron chi connectivity index (χ3n) is 5.26. The number of sulfone groups is 1. The van der Waals surface area contributed by atoms with Gasteiger partial charge in [-0.25, -0.2) is 8.42 Å². The number of benzene rings is 1. The Hall–Kier alpha value is -1.86. The molecule has 0 bridgehead atoms. The maximum Gasteiger partial charge on any atom is 0.254 e. The van der Waals surface area contributed by atoms with Crippen LogP contribution in [0.4, 0.5) is 0 Å². The maximum absolute atomic E-state index is 12.4. The predicted molar refractivity (Wildman–Crippen MR) is 99.2 cm³/mol. The molecule has 1 aliphatic carbocycles. The molecule has 8 heteroatoms. The highest BCUT2D eigenvalue weighted by Gasteiger charge is 2.33. The van der Waals surface area contributed by atoms with Crippen LogP contribution in [0.5, 0.6) is 0 Å². The fourth-order valence-electron chi connectivity index (χ4n) is 3.65. The maximum atomic E-state index is 12.4. The highest BCUT2D eigenvalue weighted by atomic mass is 35.5. The second-order valence-corrected chi connectivity index (χ2v) is 9.82. The zero-order valence-corrected chi connectivity index (χ0v) is 15.7. The van der Waals surface area contributed by atoms with Crippen molar-refractivity contribution < 1.29 is 13.2 Å². The molecule has 1 aromatic heterocycles. The van der Waals surface area contributed by atoms with Crippen molar-refractivity contribution in [2.45, 2.75) is 37.3 Å². The second-order valence-electron chi connectivity index (χ2n) is 7.16. The predicted octanol–water partition coefficient (Wildman–Crippen LogP) is 2.57. The second kappa shape index (κ2) is 6.70. The summed E-state index contributed by atoms with van der Waals surface area (Å²) >= 11 is 5.91. The Bertz CT molecular complexity index is 917. The van der Waals surface area contributed by atoms with Gasteiger partial charge in [0.05, 0.1) is 29.3 Å². The first-order valence-electron chi connectivity index (χ1n) is 8.70. The minimum Gasteiger partial charge on any atom is -0.349 e. The smallest absolute Gasteiger partial charge is 0.254 e. The van der Waals surface area contributed by atoms with Crippen LogP contribution in [0.3, 0.4) is 0 Å². The molecule has 138 valence electrons. The molecule has 1 aromatic carbocycles. The number of nitrogens with one attached hydrogen (secondary N) is 1. The van der Waals surface area contributed by atoms with E-state index in [4.69, 9.17) is 11.6 Å². The van der Waals surface area contributed by atoms with Crippen molar-refractivity contribution in [1.29, 1.82) is 0 Å². The Kier molecular flexibility index (Phi) is 4.52. The Morgan fingerprint density at radius 1 is 1.23 bits per heavy atom. The van der Waals surface area contributed by atoms with Gasteiger partial charge >= 0.3 is 0 Å². The van der Waals surface area contributed by atoms with Crippen LogP contribution in [-0.4, -0.2) is 41.7 Å². The SMILES string of the molecule is O=C(NC1CC(c2ccc(Cl)cc2)C1)c1cnn(C2CCS(=O)(=O)C2)c1. The number of hydrogen-bond donors (Lipinski definition) is 1. The molecule has 0 spiro atoms. The van der Waals surface area contributed by atoms with Crippen LogP contribution in [0, 0.1) is 0 Å². The van der Waals surface area contributed by atoms with Gasteiger partial charge in [-0.15, -0.1) is 0 Å². The molecule has 1 amide bonds. The summed E-state index contributed by atoms with van der Waals surface area (Å²) in [4.78, 5) is 12.4. The third-order valence-corrected chi connectivity index (χ3v) is 7.26. The molecule has 2 heterocycles. The summed E-state index contributed by atoms with van der Waals surface area (Å²) in [6.45, 7) is 0. The van der Waals surface area contributed by atoms with E-state index in [0.717, 1.165) is 17.9 Å². The van der Waals surface area contributed by atoms with E-state index in [9.17, 15) is 13.2 Å². The topological polar surface area (TPSA) is 81.1 Å². The lowest BCUT2D eigenvalue weighted by molar-refractivity contribution is 0.0909. The summed E-state index contributed by atoms with van der Waals surface area (Å²) in [7, 11) is -2.97. The van der Waals surface area contributed by atoms with Crippen LogP contribution in [0.2, 0.25) is 5.02 Å². The van der Waals surface area contributed by atoms with Gasteiger partial charge in [-0.05, 0) is 42.9 Å². The minimum atomic E-state index is -2.97. The molecule has 2 fully saturated rings. The first-order valence-corrected chi connectivity index (χ1v) is 10.9. The quantitative estimate of drug-likeness (QED) is 0.865. The van der Waals surface area contributed by atoms with Crippen LogP contribution < -0.4 is 5.32 Å². The molecular weight excluding hydrogens is 374 g/mol. The molecule has 1 aliphatic heterocycles. The lowest BCUT2D eigenvalue weighted by atomic mass is 9.76. The lowest BCUT2D eigenvalue weighted by Crippen LogP contribution is -2.43. The molecule has 1 saturated heterocycles. The number of carbonyl (C=O) groups excluding carboxylic acids is 1. The van der Waals surface area contributed by atoms with Gasteiger partial charge in [-0.2, -0.15) is 5.10 Å². The number of carbonyl (C=O) groups is 1. The van der Waals surface area contributed by atoms with Gasteiger partial charge in [0.25, 0.3) is 5.91 Å². The largest absolute Gasteiger partial charge is 0.349 e. The number of rotatable bonds is 4. The molecule has 4 rings (SSSR count). The van der Waals surface area contributed by atoms with Crippen molar-refractivity contribution >= 4 is 27.3 Å². The van der Waals surface area contributed by atoms with E-state index in [1.807, 2.05) is 24.3 Å². The molecule has 1 saturated carbocycles. The van der Waals surface area contributed by atoms with Crippen molar-refractivity contribution in [3.05, 3.63) is 52.8 Å². The molecule has 0 radical (unpaired) electrons. The van der Waals surface area contributed by atoms with Gasteiger partial charge in [-0.3, -0.25) is 9.48 Å². The van der Waals surface area contributed by atoms with Crippen molar-refractivity contribution in [3.8, 4) is 0 Å². The highest BCUT2D eigenvalue weighted by molar-refractivity contribution is 7.91. The minimum absolute atomic E-state index is 0.0983. The summed E-state index contributed by atoms with van der Waals surface area (Å²) < 4.78 is 24.8. The zero-order valence-electron chi connectivity index (χ0n) is 14.1. The lowest BCUT2D eigenvalue weighted by Gasteiger charge is -2.36. The van der Waals surface area contributed by atoms with Gasteiger partial charge in [0.1, 0.15) is 0 Å². The van der Waals surface area contributed by atoms with Crippen molar-refractivity contribution in [2.75, 3.05) is 11.5 Å². The zero-order chi connectivity index (χ0) is 18.3. The normalized spacial score (nSPS) is 27.0. The molecule has 2 aromatic rings. The van der Waals surface area contributed by atoms with Gasteiger partial charge in [-0.1, -0.05) is 23.7 Å². The van der Waals surface area contributed by atoms with E-state index in [2.05, 4.69) is 10.4 Å². The average molecular weight is 394 g/mol.